The number of fused-ring (bicyclic) bond motifs is 1. The first-order valence-electron chi connectivity index (χ1n) is 5.07. The van der Waals surface area contributed by atoms with Gasteiger partial charge in [0.2, 0.25) is 5.88 Å². The summed E-state index contributed by atoms with van der Waals surface area (Å²) in [5.74, 6) is 0.596. The molecule has 1 aromatic carbocycles. The molecule has 1 aliphatic heterocycles. The Hall–Kier alpha value is -1.88. The molecule has 0 atom stereocenters. The van der Waals surface area contributed by atoms with Crippen molar-refractivity contribution >= 4 is 16.6 Å². The molecule has 0 aliphatic carbocycles. The molecule has 2 heterocycles. The molecule has 1 aliphatic rings. The molecule has 82 valence electrons. The molecule has 5 heteroatoms. The Morgan fingerprint density at radius 1 is 1.31 bits per heavy atom. The van der Waals surface area contributed by atoms with Crippen molar-refractivity contribution in [3.63, 3.8) is 0 Å². The number of benzene rings is 1. The Balaban J connectivity index is 2.02. The van der Waals surface area contributed by atoms with E-state index in [2.05, 4.69) is 9.97 Å². The van der Waals surface area contributed by atoms with Crippen LogP contribution in [0.1, 0.15) is 0 Å². The van der Waals surface area contributed by atoms with Gasteiger partial charge in [0, 0.05) is 5.69 Å². The monoisotopic (exact) mass is 217 g/mol. The van der Waals surface area contributed by atoms with E-state index in [9.17, 15) is 0 Å². The van der Waals surface area contributed by atoms with E-state index in [1.807, 2.05) is 12.1 Å². The predicted molar refractivity (Wildman–Crippen MR) is 59.2 cm³/mol. The third-order valence-corrected chi connectivity index (χ3v) is 2.51. The highest BCUT2D eigenvalue weighted by Gasteiger charge is 2.21. The molecule has 3 rings (SSSR count). The molecule has 0 saturated carbocycles. The molecule has 2 N–H and O–H groups in total. The third-order valence-electron chi connectivity index (χ3n) is 2.51. The van der Waals surface area contributed by atoms with Crippen LogP contribution in [0.25, 0.3) is 10.9 Å². The smallest absolute Gasteiger partial charge is 0.224 e. The topological polar surface area (TPSA) is 70.3 Å². The van der Waals surface area contributed by atoms with Crippen LogP contribution in [0, 0.1) is 0 Å². The largest absolute Gasteiger partial charge is 0.469 e. The van der Waals surface area contributed by atoms with Gasteiger partial charge in [0.1, 0.15) is 12.4 Å². The van der Waals surface area contributed by atoms with E-state index in [-0.39, 0.29) is 6.10 Å². The van der Waals surface area contributed by atoms with Gasteiger partial charge >= 0.3 is 0 Å². The highest BCUT2D eigenvalue weighted by molar-refractivity contribution is 5.85. The Kier molecular flexibility index (Phi) is 2.11. The average molecular weight is 217 g/mol. The first-order valence-corrected chi connectivity index (χ1v) is 5.07. The van der Waals surface area contributed by atoms with Crippen LogP contribution in [0.4, 0.5) is 5.69 Å². The molecule has 5 nitrogen and oxygen atoms in total. The van der Waals surface area contributed by atoms with Crippen LogP contribution >= 0.6 is 0 Å². The first kappa shape index (κ1) is 9.35. The minimum Gasteiger partial charge on any atom is -0.469 e. The van der Waals surface area contributed by atoms with Crippen LogP contribution in [-0.2, 0) is 4.74 Å². The van der Waals surface area contributed by atoms with Crippen molar-refractivity contribution in [2.45, 2.75) is 6.10 Å². The van der Waals surface area contributed by atoms with Gasteiger partial charge in [0.05, 0.1) is 24.1 Å². The van der Waals surface area contributed by atoms with Gasteiger partial charge in [-0.3, -0.25) is 0 Å². The summed E-state index contributed by atoms with van der Waals surface area (Å²) in [6.45, 7) is 1.25. The van der Waals surface area contributed by atoms with Gasteiger partial charge in [0.25, 0.3) is 0 Å². The lowest BCUT2D eigenvalue weighted by molar-refractivity contribution is -0.0807. The second-order valence-corrected chi connectivity index (χ2v) is 3.73. The second kappa shape index (κ2) is 3.61. The molecule has 0 bridgehead atoms. The van der Waals surface area contributed by atoms with E-state index in [0.717, 1.165) is 10.9 Å². The maximum absolute atomic E-state index is 5.69. The van der Waals surface area contributed by atoms with Gasteiger partial charge in [-0.25, -0.2) is 9.97 Å². The van der Waals surface area contributed by atoms with Crippen molar-refractivity contribution in [1.82, 2.24) is 9.97 Å². The normalized spacial score (nSPS) is 16.0. The molecule has 0 amide bonds. The van der Waals surface area contributed by atoms with Crippen molar-refractivity contribution in [2.75, 3.05) is 18.9 Å². The molecule has 2 aromatic rings. The lowest BCUT2D eigenvalue weighted by Crippen LogP contribution is -2.38. The maximum atomic E-state index is 5.69. The number of hydrogen-bond donors (Lipinski definition) is 1. The van der Waals surface area contributed by atoms with Gasteiger partial charge < -0.3 is 15.2 Å². The van der Waals surface area contributed by atoms with Crippen molar-refractivity contribution in [2.24, 2.45) is 0 Å². The zero-order chi connectivity index (χ0) is 11.0. The molecule has 0 unspecified atom stereocenters. The zero-order valence-electron chi connectivity index (χ0n) is 8.59. The molecule has 16 heavy (non-hydrogen) atoms. The lowest BCUT2D eigenvalue weighted by Gasteiger charge is -2.26. The molecular weight excluding hydrogens is 206 g/mol. The summed E-state index contributed by atoms with van der Waals surface area (Å²) in [6, 6.07) is 5.50. The summed E-state index contributed by atoms with van der Waals surface area (Å²) in [5, 5.41) is 0.878. The number of hydrogen-bond acceptors (Lipinski definition) is 5. The Morgan fingerprint density at radius 3 is 2.94 bits per heavy atom. The van der Waals surface area contributed by atoms with E-state index >= 15 is 0 Å². The van der Waals surface area contributed by atoms with E-state index < -0.39 is 0 Å². The van der Waals surface area contributed by atoms with E-state index in [0.29, 0.717) is 24.8 Å². The summed E-state index contributed by atoms with van der Waals surface area (Å²) in [6.07, 6.45) is 1.59. The quantitative estimate of drug-likeness (QED) is 0.759. The summed E-state index contributed by atoms with van der Waals surface area (Å²) < 4.78 is 10.7. The number of nitrogens with zero attached hydrogens (tertiary/aromatic N) is 2. The number of rotatable bonds is 2. The highest BCUT2D eigenvalue weighted by atomic mass is 16.6. The van der Waals surface area contributed by atoms with Gasteiger partial charge in [-0.2, -0.15) is 0 Å². The number of ether oxygens (including phenoxy) is 2. The van der Waals surface area contributed by atoms with Crippen LogP contribution < -0.4 is 10.5 Å². The molecule has 1 fully saturated rings. The lowest BCUT2D eigenvalue weighted by atomic mass is 10.2. The fraction of sp³-hybridized carbons (Fsp3) is 0.273. The number of nitrogens with two attached hydrogens (primary N) is 1. The fourth-order valence-electron chi connectivity index (χ4n) is 1.58. The van der Waals surface area contributed by atoms with E-state index in [4.69, 9.17) is 15.2 Å². The SMILES string of the molecule is Nc1ccc2c(OC3COC3)ncnc2c1. The highest BCUT2D eigenvalue weighted by Crippen LogP contribution is 2.24. The first-order chi connectivity index (χ1) is 7.83. The summed E-state index contributed by atoms with van der Waals surface area (Å²) >= 11 is 0. The zero-order valence-corrected chi connectivity index (χ0v) is 8.59. The van der Waals surface area contributed by atoms with Crippen LogP contribution in [0.3, 0.4) is 0 Å². The van der Waals surface area contributed by atoms with Crippen molar-refractivity contribution in [1.29, 1.82) is 0 Å². The summed E-state index contributed by atoms with van der Waals surface area (Å²) in [5.41, 5.74) is 7.17. The minimum atomic E-state index is 0.107. The average Bonchev–Trinajstić information content (AvgIpc) is 2.23. The molecule has 1 aromatic heterocycles. The van der Waals surface area contributed by atoms with Gasteiger partial charge in [-0.05, 0) is 18.2 Å². The standard InChI is InChI=1S/C11H11N3O2/c12-7-1-2-9-10(3-7)13-6-14-11(9)16-8-4-15-5-8/h1-3,6,8H,4-5,12H2. The Labute approximate surface area is 92.2 Å². The summed E-state index contributed by atoms with van der Waals surface area (Å²) in [7, 11) is 0. The van der Waals surface area contributed by atoms with Crippen molar-refractivity contribution < 1.29 is 9.47 Å². The van der Waals surface area contributed by atoms with Gasteiger partial charge in [-0.15, -0.1) is 0 Å². The van der Waals surface area contributed by atoms with E-state index in [1.165, 1.54) is 6.33 Å². The van der Waals surface area contributed by atoms with Crippen LogP contribution in [0.15, 0.2) is 24.5 Å². The fourth-order valence-corrected chi connectivity index (χ4v) is 1.58. The van der Waals surface area contributed by atoms with Gasteiger partial charge in [-0.1, -0.05) is 0 Å². The van der Waals surface area contributed by atoms with Crippen LogP contribution in [0.2, 0.25) is 0 Å². The van der Waals surface area contributed by atoms with Gasteiger partial charge in [0.15, 0.2) is 0 Å². The van der Waals surface area contributed by atoms with Crippen LogP contribution in [0.5, 0.6) is 5.88 Å². The molecule has 0 radical (unpaired) electrons. The number of anilines is 1. The Bertz CT molecular complexity index is 526. The van der Waals surface area contributed by atoms with Crippen LogP contribution in [-0.4, -0.2) is 29.3 Å². The molecular formula is C11H11N3O2. The molecule has 0 spiro atoms. The molecule has 1 saturated heterocycles. The van der Waals surface area contributed by atoms with Crippen molar-refractivity contribution in [3.05, 3.63) is 24.5 Å². The Morgan fingerprint density at radius 2 is 2.19 bits per heavy atom. The predicted octanol–water partition coefficient (Wildman–Crippen LogP) is 0.990. The summed E-state index contributed by atoms with van der Waals surface area (Å²) in [4.78, 5) is 8.28. The maximum Gasteiger partial charge on any atom is 0.224 e. The minimum absolute atomic E-state index is 0.107. The number of aromatic nitrogens is 2. The second-order valence-electron chi connectivity index (χ2n) is 3.73. The third kappa shape index (κ3) is 1.55. The van der Waals surface area contributed by atoms with Crippen molar-refractivity contribution in [3.8, 4) is 5.88 Å². The number of nitrogen functional groups attached to an aromatic ring is 1. The van der Waals surface area contributed by atoms with E-state index in [1.54, 1.807) is 6.07 Å².